The molecule has 6 heteroatoms. The maximum Gasteiger partial charge on any atom is 0.193 e. The standard InChI is InChI=1S/C21H37N5O/c1-5-24(6-2)14-10-9-13-23-21(22-3)26-17-15-25(16-18-26)19-11-7-8-12-20(19)27-4/h7-8,11-12H,5-6,9-10,13-18H2,1-4H3,(H,22,23). The van der Waals surface area contributed by atoms with Crippen LogP contribution in [-0.2, 0) is 0 Å². The molecule has 1 aliphatic rings. The predicted molar refractivity (Wildman–Crippen MR) is 115 cm³/mol. The third-order valence-electron chi connectivity index (χ3n) is 5.30. The number of benzene rings is 1. The van der Waals surface area contributed by atoms with E-state index in [4.69, 9.17) is 4.74 Å². The molecule has 0 bridgehead atoms. The average Bonchev–Trinajstić information content (AvgIpc) is 2.73. The molecule has 0 amide bonds. The molecule has 0 unspecified atom stereocenters. The second kappa shape index (κ2) is 11.7. The van der Waals surface area contributed by atoms with Gasteiger partial charge in [-0.2, -0.15) is 0 Å². The quantitative estimate of drug-likeness (QED) is 0.408. The molecule has 1 heterocycles. The summed E-state index contributed by atoms with van der Waals surface area (Å²) in [4.78, 5) is 11.7. The van der Waals surface area contributed by atoms with E-state index in [-0.39, 0.29) is 0 Å². The Morgan fingerprint density at radius 2 is 1.81 bits per heavy atom. The van der Waals surface area contributed by atoms with Crippen LogP contribution in [0.2, 0.25) is 0 Å². The van der Waals surface area contributed by atoms with Crippen LogP contribution in [0.25, 0.3) is 0 Å². The van der Waals surface area contributed by atoms with E-state index in [1.54, 1.807) is 7.11 Å². The number of unbranched alkanes of at least 4 members (excludes halogenated alkanes) is 1. The maximum absolute atomic E-state index is 5.51. The molecule has 1 aliphatic heterocycles. The van der Waals surface area contributed by atoms with Crippen LogP contribution in [0, 0.1) is 0 Å². The fourth-order valence-corrected chi connectivity index (χ4v) is 3.58. The van der Waals surface area contributed by atoms with Crippen molar-refractivity contribution in [2.24, 2.45) is 4.99 Å². The molecule has 0 aromatic heterocycles. The molecule has 1 fully saturated rings. The van der Waals surface area contributed by atoms with Gasteiger partial charge >= 0.3 is 0 Å². The van der Waals surface area contributed by atoms with Crippen LogP contribution in [0.4, 0.5) is 5.69 Å². The number of ether oxygens (including phenoxy) is 1. The molecule has 2 rings (SSSR count). The van der Waals surface area contributed by atoms with Crippen molar-refractivity contribution in [2.45, 2.75) is 26.7 Å². The van der Waals surface area contributed by atoms with Gasteiger partial charge in [0.05, 0.1) is 12.8 Å². The van der Waals surface area contributed by atoms with E-state index in [0.717, 1.165) is 57.5 Å². The Bertz CT molecular complexity index is 565. The molecule has 27 heavy (non-hydrogen) atoms. The predicted octanol–water partition coefficient (Wildman–Crippen LogP) is 2.51. The minimum atomic E-state index is 0.946. The van der Waals surface area contributed by atoms with Gasteiger partial charge in [0.1, 0.15) is 5.75 Å². The van der Waals surface area contributed by atoms with E-state index in [1.807, 2.05) is 19.2 Å². The number of anilines is 1. The van der Waals surface area contributed by atoms with Crippen LogP contribution in [0.15, 0.2) is 29.3 Å². The Balaban J connectivity index is 1.75. The molecule has 152 valence electrons. The number of para-hydroxylation sites is 2. The normalized spacial score (nSPS) is 15.4. The number of hydrogen-bond donors (Lipinski definition) is 1. The minimum Gasteiger partial charge on any atom is -0.495 e. The highest BCUT2D eigenvalue weighted by atomic mass is 16.5. The first-order chi connectivity index (χ1) is 13.2. The summed E-state index contributed by atoms with van der Waals surface area (Å²) < 4.78 is 5.51. The Morgan fingerprint density at radius 3 is 2.44 bits per heavy atom. The summed E-state index contributed by atoms with van der Waals surface area (Å²) in [7, 11) is 3.62. The van der Waals surface area contributed by atoms with E-state index in [0.29, 0.717) is 0 Å². The molecular weight excluding hydrogens is 338 g/mol. The molecule has 0 saturated carbocycles. The molecule has 0 spiro atoms. The number of rotatable bonds is 9. The van der Waals surface area contributed by atoms with Crippen molar-refractivity contribution in [3.8, 4) is 5.75 Å². The zero-order valence-electron chi connectivity index (χ0n) is 17.6. The van der Waals surface area contributed by atoms with Crippen molar-refractivity contribution < 1.29 is 4.74 Å². The summed E-state index contributed by atoms with van der Waals surface area (Å²) in [6.45, 7) is 12.8. The number of nitrogens with one attached hydrogen (secondary N) is 1. The van der Waals surface area contributed by atoms with Crippen LogP contribution < -0.4 is 15.0 Å². The summed E-state index contributed by atoms with van der Waals surface area (Å²) in [6.07, 6.45) is 2.41. The number of nitrogens with zero attached hydrogens (tertiary/aromatic N) is 4. The number of piperazine rings is 1. The summed E-state index contributed by atoms with van der Waals surface area (Å²) >= 11 is 0. The second-order valence-corrected chi connectivity index (χ2v) is 6.85. The molecule has 0 radical (unpaired) electrons. The number of aliphatic imine (C=N–C) groups is 1. The molecule has 0 aliphatic carbocycles. The average molecular weight is 376 g/mol. The minimum absolute atomic E-state index is 0.946. The van der Waals surface area contributed by atoms with E-state index < -0.39 is 0 Å². The Kier molecular flexibility index (Phi) is 9.25. The third kappa shape index (κ3) is 6.31. The first-order valence-corrected chi connectivity index (χ1v) is 10.3. The van der Waals surface area contributed by atoms with E-state index in [2.05, 4.69) is 51.0 Å². The second-order valence-electron chi connectivity index (χ2n) is 6.85. The highest BCUT2D eigenvalue weighted by molar-refractivity contribution is 5.80. The van der Waals surface area contributed by atoms with Gasteiger partial charge in [-0.3, -0.25) is 4.99 Å². The molecule has 1 saturated heterocycles. The summed E-state index contributed by atoms with van der Waals surface area (Å²) in [5.41, 5.74) is 1.18. The van der Waals surface area contributed by atoms with Gasteiger partial charge in [-0.25, -0.2) is 0 Å². The van der Waals surface area contributed by atoms with Crippen molar-refractivity contribution in [2.75, 3.05) is 71.4 Å². The maximum atomic E-state index is 5.51. The lowest BCUT2D eigenvalue weighted by Gasteiger charge is -2.38. The van der Waals surface area contributed by atoms with Crippen LogP contribution in [-0.4, -0.2) is 82.3 Å². The molecule has 1 N–H and O–H groups in total. The van der Waals surface area contributed by atoms with Gasteiger partial charge in [-0.1, -0.05) is 26.0 Å². The lowest BCUT2D eigenvalue weighted by molar-refractivity contribution is 0.296. The fraction of sp³-hybridized carbons (Fsp3) is 0.667. The van der Waals surface area contributed by atoms with Crippen molar-refractivity contribution in [1.29, 1.82) is 0 Å². The first kappa shape index (κ1) is 21.4. The van der Waals surface area contributed by atoms with Crippen LogP contribution in [0.1, 0.15) is 26.7 Å². The number of hydrogen-bond acceptors (Lipinski definition) is 4. The van der Waals surface area contributed by atoms with Gasteiger partial charge in [0.2, 0.25) is 0 Å². The van der Waals surface area contributed by atoms with E-state index in [1.165, 1.54) is 25.1 Å². The van der Waals surface area contributed by atoms with Crippen molar-refractivity contribution in [1.82, 2.24) is 15.1 Å². The smallest absolute Gasteiger partial charge is 0.193 e. The van der Waals surface area contributed by atoms with Gasteiger partial charge in [0.15, 0.2) is 5.96 Å². The first-order valence-electron chi connectivity index (χ1n) is 10.3. The Morgan fingerprint density at radius 1 is 1.11 bits per heavy atom. The van der Waals surface area contributed by atoms with Gasteiger partial charge in [-0.05, 0) is 44.6 Å². The van der Waals surface area contributed by atoms with Gasteiger partial charge in [-0.15, -0.1) is 0 Å². The number of guanidine groups is 1. The van der Waals surface area contributed by atoms with Crippen LogP contribution >= 0.6 is 0 Å². The molecule has 1 aromatic carbocycles. The highest BCUT2D eigenvalue weighted by Crippen LogP contribution is 2.28. The van der Waals surface area contributed by atoms with Crippen molar-refractivity contribution in [3.05, 3.63) is 24.3 Å². The third-order valence-corrected chi connectivity index (χ3v) is 5.30. The summed E-state index contributed by atoms with van der Waals surface area (Å²) in [6, 6.07) is 8.26. The molecule has 1 aromatic rings. The Hall–Kier alpha value is -1.95. The lowest BCUT2D eigenvalue weighted by atomic mass is 10.2. The van der Waals surface area contributed by atoms with Crippen molar-refractivity contribution >= 4 is 11.6 Å². The monoisotopic (exact) mass is 375 g/mol. The van der Waals surface area contributed by atoms with Gasteiger partial charge in [0.25, 0.3) is 0 Å². The van der Waals surface area contributed by atoms with Gasteiger partial charge in [0, 0.05) is 39.8 Å². The highest BCUT2D eigenvalue weighted by Gasteiger charge is 2.21. The van der Waals surface area contributed by atoms with E-state index >= 15 is 0 Å². The zero-order chi connectivity index (χ0) is 19.5. The molecule has 6 nitrogen and oxygen atoms in total. The molecular formula is C21H37N5O. The number of methoxy groups -OCH3 is 1. The van der Waals surface area contributed by atoms with Crippen molar-refractivity contribution in [3.63, 3.8) is 0 Å². The zero-order valence-corrected chi connectivity index (χ0v) is 17.6. The SMILES string of the molecule is CCN(CC)CCCCNC(=NC)N1CCN(c2ccccc2OC)CC1. The fourth-order valence-electron chi connectivity index (χ4n) is 3.58. The summed E-state index contributed by atoms with van der Waals surface area (Å²) in [5, 5.41) is 3.54. The van der Waals surface area contributed by atoms with Crippen LogP contribution in [0.3, 0.4) is 0 Å². The topological polar surface area (TPSA) is 43.3 Å². The summed E-state index contributed by atoms with van der Waals surface area (Å²) in [5.74, 6) is 1.97. The Labute approximate surface area is 165 Å². The molecule has 0 atom stereocenters. The van der Waals surface area contributed by atoms with Gasteiger partial charge < -0.3 is 24.8 Å². The lowest BCUT2D eigenvalue weighted by Crippen LogP contribution is -2.52. The largest absolute Gasteiger partial charge is 0.495 e. The van der Waals surface area contributed by atoms with Crippen LogP contribution in [0.5, 0.6) is 5.75 Å². The van der Waals surface area contributed by atoms with E-state index in [9.17, 15) is 0 Å².